The zero-order valence-corrected chi connectivity index (χ0v) is 14.7. The van der Waals surface area contributed by atoms with E-state index in [0.717, 1.165) is 5.01 Å². The molecular weight excluding hydrogens is 329 g/mol. The molecule has 1 aromatic carbocycles. The molecule has 3 rings (SSSR count). The van der Waals surface area contributed by atoms with Crippen LogP contribution in [0.5, 0.6) is 0 Å². The van der Waals surface area contributed by atoms with Gasteiger partial charge in [0.15, 0.2) is 0 Å². The predicted molar refractivity (Wildman–Crippen MR) is 93.4 cm³/mol. The first kappa shape index (κ1) is 16.9. The normalized spacial score (nSPS) is 20.9. The van der Waals surface area contributed by atoms with Gasteiger partial charge in [0.25, 0.3) is 5.91 Å². The molecule has 1 N–H and O–H groups in total. The van der Waals surface area contributed by atoms with Crippen LogP contribution in [0.4, 0.5) is 15.8 Å². The molecule has 2 heterocycles. The van der Waals surface area contributed by atoms with E-state index < -0.39 is 0 Å². The van der Waals surface area contributed by atoms with E-state index in [9.17, 15) is 9.18 Å². The summed E-state index contributed by atoms with van der Waals surface area (Å²) in [4.78, 5) is 18.7. The highest BCUT2D eigenvalue weighted by atomic mass is 32.1. The number of ether oxygens (including phenoxy) is 1. The fraction of sp³-hybridized carbons (Fsp3) is 0.412. The summed E-state index contributed by atoms with van der Waals surface area (Å²) in [5.74, 6) is -0.629. The topological polar surface area (TPSA) is 54.5 Å². The Kier molecular flexibility index (Phi) is 4.82. The van der Waals surface area contributed by atoms with Gasteiger partial charge in [-0.2, -0.15) is 0 Å². The first-order chi connectivity index (χ1) is 11.4. The summed E-state index contributed by atoms with van der Waals surface area (Å²) in [5.41, 5.74) is 0.963. The van der Waals surface area contributed by atoms with Crippen LogP contribution >= 0.6 is 11.3 Å². The summed E-state index contributed by atoms with van der Waals surface area (Å²) in [6, 6.07) is 4.77. The fourth-order valence-electron chi connectivity index (χ4n) is 2.87. The van der Waals surface area contributed by atoms with E-state index in [-0.39, 0.29) is 23.9 Å². The Morgan fingerprint density at radius 2 is 2.08 bits per heavy atom. The number of rotatable bonds is 3. The quantitative estimate of drug-likeness (QED) is 0.922. The minimum atomic E-state index is -0.352. The number of hydrogen-bond donors (Lipinski definition) is 1. The Morgan fingerprint density at radius 3 is 2.67 bits per heavy atom. The number of amides is 1. The van der Waals surface area contributed by atoms with Crippen LogP contribution in [0.25, 0.3) is 0 Å². The van der Waals surface area contributed by atoms with Crippen LogP contribution in [0.2, 0.25) is 0 Å². The summed E-state index contributed by atoms with van der Waals surface area (Å²) >= 11 is 1.31. The lowest BCUT2D eigenvalue weighted by Crippen LogP contribution is -2.45. The summed E-state index contributed by atoms with van der Waals surface area (Å²) in [7, 11) is 0. The van der Waals surface area contributed by atoms with Gasteiger partial charge in [-0.15, -0.1) is 11.3 Å². The molecule has 24 heavy (non-hydrogen) atoms. The summed E-state index contributed by atoms with van der Waals surface area (Å²) in [5, 5.41) is 3.53. The second kappa shape index (κ2) is 6.86. The van der Waals surface area contributed by atoms with Crippen molar-refractivity contribution in [2.75, 3.05) is 23.3 Å². The van der Waals surface area contributed by atoms with Crippen LogP contribution in [0.3, 0.4) is 0 Å². The highest BCUT2D eigenvalue weighted by Crippen LogP contribution is 2.26. The van der Waals surface area contributed by atoms with Crippen LogP contribution in [0.15, 0.2) is 24.4 Å². The molecule has 0 aliphatic carbocycles. The molecule has 0 unspecified atom stereocenters. The van der Waals surface area contributed by atoms with Crippen molar-refractivity contribution in [2.24, 2.45) is 0 Å². The van der Waals surface area contributed by atoms with Gasteiger partial charge in [-0.25, -0.2) is 9.37 Å². The Labute approximate surface area is 144 Å². The van der Waals surface area contributed by atoms with E-state index in [1.807, 2.05) is 25.7 Å². The number of carbonyl (C=O) groups excluding carboxylic acids is 1. The number of anilines is 2. The van der Waals surface area contributed by atoms with Crippen LogP contribution in [-0.4, -0.2) is 36.2 Å². The monoisotopic (exact) mass is 349 g/mol. The summed E-state index contributed by atoms with van der Waals surface area (Å²) in [6.07, 6.45) is 1.64. The number of aryl methyl sites for hydroxylation is 1. The number of thiazole rings is 1. The van der Waals surface area contributed by atoms with Crippen LogP contribution in [-0.2, 0) is 4.74 Å². The molecule has 0 bridgehead atoms. The predicted octanol–water partition coefficient (Wildman–Crippen LogP) is 3.46. The molecule has 2 atom stereocenters. The molecule has 1 aliphatic heterocycles. The average molecular weight is 349 g/mol. The molecule has 0 spiro atoms. The number of hydrogen-bond acceptors (Lipinski definition) is 5. The zero-order valence-electron chi connectivity index (χ0n) is 13.9. The Morgan fingerprint density at radius 1 is 1.38 bits per heavy atom. The van der Waals surface area contributed by atoms with E-state index in [4.69, 9.17) is 4.74 Å². The molecule has 2 aromatic rings. The van der Waals surface area contributed by atoms with E-state index in [1.165, 1.54) is 23.6 Å². The first-order valence-corrected chi connectivity index (χ1v) is 8.68. The molecule has 5 nitrogen and oxygen atoms in total. The largest absolute Gasteiger partial charge is 0.372 e. The number of nitrogens with zero attached hydrogens (tertiary/aromatic N) is 2. The number of benzene rings is 1. The van der Waals surface area contributed by atoms with Crippen molar-refractivity contribution in [3.8, 4) is 0 Å². The number of nitrogens with one attached hydrogen (secondary N) is 1. The van der Waals surface area contributed by atoms with Crippen molar-refractivity contribution in [3.05, 3.63) is 40.1 Å². The number of aromatic nitrogens is 1. The fourth-order valence-corrected chi connectivity index (χ4v) is 3.55. The second-order valence-electron chi connectivity index (χ2n) is 6.03. The summed E-state index contributed by atoms with van der Waals surface area (Å²) < 4.78 is 20.2. The lowest BCUT2D eigenvalue weighted by molar-refractivity contribution is -0.00539. The lowest BCUT2D eigenvalue weighted by Gasteiger charge is -2.37. The van der Waals surface area contributed by atoms with Gasteiger partial charge in [0.2, 0.25) is 0 Å². The third kappa shape index (κ3) is 3.73. The van der Waals surface area contributed by atoms with Gasteiger partial charge >= 0.3 is 0 Å². The van der Waals surface area contributed by atoms with Gasteiger partial charge in [0.05, 0.1) is 29.1 Å². The van der Waals surface area contributed by atoms with Crippen molar-refractivity contribution in [1.82, 2.24) is 4.98 Å². The second-order valence-corrected chi connectivity index (χ2v) is 7.26. The minimum Gasteiger partial charge on any atom is -0.372 e. The maximum Gasteiger partial charge on any atom is 0.267 e. The van der Waals surface area contributed by atoms with E-state index in [0.29, 0.717) is 29.3 Å². The Hall–Kier alpha value is -1.99. The minimum absolute atomic E-state index is 0.0575. The maximum absolute atomic E-state index is 14.5. The van der Waals surface area contributed by atoms with Gasteiger partial charge in [-0.1, -0.05) is 0 Å². The lowest BCUT2D eigenvalue weighted by atomic mass is 10.2. The van der Waals surface area contributed by atoms with Crippen molar-refractivity contribution >= 4 is 28.6 Å². The third-order valence-electron chi connectivity index (χ3n) is 3.81. The van der Waals surface area contributed by atoms with Crippen molar-refractivity contribution in [3.63, 3.8) is 0 Å². The molecule has 1 aliphatic rings. The zero-order chi connectivity index (χ0) is 17.3. The van der Waals surface area contributed by atoms with Gasteiger partial charge in [0.1, 0.15) is 10.7 Å². The third-order valence-corrected chi connectivity index (χ3v) is 4.72. The van der Waals surface area contributed by atoms with Gasteiger partial charge in [-0.3, -0.25) is 4.79 Å². The number of halogens is 1. The molecule has 0 radical (unpaired) electrons. The van der Waals surface area contributed by atoms with Crippen LogP contribution in [0, 0.1) is 12.7 Å². The molecule has 1 aromatic heterocycles. The Balaban J connectivity index is 1.74. The highest BCUT2D eigenvalue weighted by molar-refractivity contribution is 7.13. The molecular formula is C17H20FN3O2S. The van der Waals surface area contributed by atoms with Crippen molar-refractivity contribution in [1.29, 1.82) is 0 Å². The molecule has 1 amide bonds. The number of carbonyl (C=O) groups is 1. The molecule has 1 fully saturated rings. The average Bonchev–Trinajstić information content (AvgIpc) is 2.93. The van der Waals surface area contributed by atoms with Gasteiger partial charge < -0.3 is 15.0 Å². The molecule has 128 valence electrons. The van der Waals surface area contributed by atoms with Crippen molar-refractivity contribution in [2.45, 2.75) is 33.0 Å². The smallest absolute Gasteiger partial charge is 0.267 e. The summed E-state index contributed by atoms with van der Waals surface area (Å²) in [6.45, 7) is 7.08. The standard InChI is InChI=1S/C17H20FN3O2S/c1-10-8-21(9-11(2)23-10)15-5-4-13(6-14(15)18)20-17(22)16-7-19-12(3)24-16/h4-7,10-11H,8-9H2,1-3H3,(H,20,22)/t10-,11-/m0/s1. The highest BCUT2D eigenvalue weighted by Gasteiger charge is 2.24. The molecule has 0 saturated carbocycles. The van der Waals surface area contributed by atoms with E-state index >= 15 is 0 Å². The van der Waals surface area contributed by atoms with Crippen molar-refractivity contribution < 1.29 is 13.9 Å². The number of morpholine rings is 1. The van der Waals surface area contributed by atoms with Crippen LogP contribution in [0.1, 0.15) is 28.5 Å². The Bertz CT molecular complexity index is 739. The van der Waals surface area contributed by atoms with E-state index in [1.54, 1.807) is 12.1 Å². The maximum atomic E-state index is 14.5. The van der Waals surface area contributed by atoms with Gasteiger partial charge in [0, 0.05) is 18.8 Å². The van der Waals surface area contributed by atoms with Gasteiger partial charge in [-0.05, 0) is 39.0 Å². The molecule has 7 heteroatoms. The first-order valence-electron chi connectivity index (χ1n) is 7.86. The van der Waals surface area contributed by atoms with E-state index in [2.05, 4.69) is 10.3 Å². The molecule has 1 saturated heterocycles. The SMILES string of the molecule is Cc1ncc(C(=O)Nc2ccc(N3C[C@H](C)O[C@@H](C)C3)c(F)c2)s1. The van der Waals surface area contributed by atoms with Crippen LogP contribution < -0.4 is 10.2 Å².